The Kier molecular flexibility index (Phi) is 7.37. The van der Waals surface area contributed by atoms with Crippen molar-refractivity contribution in [1.29, 1.82) is 0 Å². The van der Waals surface area contributed by atoms with Crippen LogP contribution in [-0.4, -0.2) is 72.9 Å². The first-order valence-corrected chi connectivity index (χ1v) is 12.9. The lowest BCUT2D eigenvalue weighted by atomic mass is 9.84. The van der Waals surface area contributed by atoms with Gasteiger partial charge < -0.3 is 30.1 Å². The van der Waals surface area contributed by atoms with E-state index in [0.29, 0.717) is 25.3 Å². The van der Waals surface area contributed by atoms with Gasteiger partial charge in [0.1, 0.15) is 18.0 Å². The van der Waals surface area contributed by atoms with E-state index < -0.39 is 6.10 Å². The molecule has 186 valence electrons. The fraction of sp³-hybridized carbons (Fsp3) is 0.692. The van der Waals surface area contributed by atoms with Gasteiger partial charge in [0.05, 0.1) is 19.1 Å². The topological polar surface area (TPSA) is 100 Å². The summed E-state index contributed by atoms with van der Waals surface area (Å²) in [4.78, 5) is 27.3. The Labute approximate surface area is 201 Å². The maximum atomic E-state index is 12.6. The van der Waals surface area contributed by atoms with Crippen LogP contribution in [0, 0.1) is 5.92 Å². The minimum atomic E-state index is -0.481. The largest absolute Gasteiger partial charge is 0.487 e. The van der Waals surface area contributed by atoms with Crippen LogP contribution in [0.3, 0.4) is 0 Å². The molecule has 1 aliphatic carbocycles. The molecule has 4 atom stereocenters. The number of carbonyl (C=O) groups excluding carboxylic acids is 2. The lowest BCUT2D eigenvalue weighted by Crippen LogP contribution is -2.47. The minimum Gasteiger partial charge on any atom is -0.487 e. The number of likely N-dealkylation sites (tertiary alicyclic amines) is 1. The van der Waals surface area contributed by atoms with Crippen molar-refractivity contribution in [3.8, 4) is 5.75 Å². The molecule has 8 nitrogen and oxygen atoms in total. The monoisotopic (exact) mass is 471 g/mol. The lowest BCUT2D eigenvalue weighted by Gasteiger charge is -2.37. The third-order valence-corrected chi connectivity index (χ3v) is 7.57. The van der Waals surface area contributed by atoms with Crippen molar-refractivity contribution in [3.63, 3.8) is 0 Å². The molecule has 0 bridgehead atoms. The van der Waals surface area contributed by atoms with Crippen molar-refractivity contribution in [2.24, 2.45) is 5.92 Å². The zero-order chi connectivity index (χ0) is 23.5. The Hall–Kier alpha value is -2.16. The van der Waals surface area contributed by atoms with Crippen LogP contribution in [0.5, 0.6) is 5.75 Å². The molecule has 34 heavy (non-hydrogen) atoms. The smallest absolute Gasteiger partial charge is 0.224 e. The van der Waals surface area contributed by atoms with E-state index in [1.807, 2.05) is 18.2 Å². The molecule has 0 unspecified atom stereocenters. The Morgan fingerprint density at radius 3 is 2.68 bits per heavy atom. The van der Waals surface area contributed by atoms with Crippen LogP contribution >= 0.6 is 0 Å². The fourth-order valence-electron chi connectivity index (χ4n) is 5.58. The Balaban J connectivity index is 1.17. The number of aliphatic hydroxyl groups is 1. The van der Waals surface area contributed by atoms with Crippen LogP contribution in [0.4, 0.5) is 5.69 Å². The van der Waals surface area contributed by atoms with Crippen molar-refractivity contribution in [2.75, 3.05) is 38.1 Å². The van der Waals surface area contributed by atoms with E-state index in [1.54, 1.807) is 0 Å². The van der Waals surface area contributed by atoms with Crippen LogP contribution in [-0.2, 0) is 14.3 Å². The predicted octanol–water partition coefficient (Wildman–Crippen LogP) is 2.41. The van der Waals surface area contributed by atoms with Crippen LogP contribution in [0.25, 0.3) is 0 Å². The number of anilines is 1. The molecular formula is C26H37N3O5. The molecule has 0 aromatic heterocycles. The maximum Gasteiger partial charge on any atom is 0.224 e. The molecule has 1 aromatic carbocycles. The van der Waals surface area contributed by atoms with Gasteiger partial charge in [-0.1, -0.05) is 6.42 Å². The fourth-order valence-corrected chi connectivity index (χ4v) is 5.58. The van der Waals surface area contributed by atoms with E-state index in [9.17, 15) is 14.7 Å². The van der Waals surface area contributed by atoms with Crippen LogP contribution < -0.4 is 15.4 Å². The average Bonchev–Trinajstić information content (AvgIpc) is 3.57. The first kappa shape index (κ1) is 23.6. The Morgan fingerprint density at radius 2 is 1.91 bits per heavy atom. The van der Waals surface area contributed by atoms with Gasteiger partial charge in [0.25, 0.3) is 0 Å². The summed E-state index contributed by atoms with van der Waals surface area (Å²) < 4.78 is 12.2. The second-order valence-corrected chi connectivity index (χ2v) is 10.3. The summed E-state index contributed by atoms with van der Waals surface area (Å²) in [6, 6.07) is 5.74. The van der Waals surface area contributed by atoms with Gasteiger partial charge in [-0.2, -0.15) is 0 Å². The number of fused-ring (bicyclic) bond motifs is 3. The number of amides is 2. The number of nitrogens with zero attached hydrogens (tertiary/aromatic N) is 1. The normalized spacial score (nSPS) is 28.5. The van der Waals surface area contributed by atoms with Crippen molar-refractivity contribution in [3.05, 3.63) is 23.8 Å². The van der Waals surface area contributed by atoms with Crippen LogP contribution in [0.15, 0.2) is 18.2 Å². The molecule has 0 radical (unpaired) electrons. The summed E-state index contributed by atoms with van der Waals surface area (Å²) in [5.41, 5.74) is 1.79. The molecule has 0 spiro atoms. The van der Waals surface area contributed by atoms with Gasteiger partial charge in [-0.15, -0.1) is 0 Å². The second-order valence-electron chi connectivity index (χ2n) is 10.3. The number of rotatable bonds is 9. The number of hydrogen-bond acceptors (Lipinski definition) is 6. The molecular weight excluding hydrogens is 434 g/mol. The highest BCUT2D eigenvalue weighted by atomic mass is 16.6. The maximum absolute atomic E-state index is 12.6. The zero-order valence-electron chi connectivity index (χ0n) is 19.8. The summed E-state index contributed by atoms with van der Waals surface area (Å²) in [5.74, 6) is 1.36. The van der Waals surface area contributed by atoms with Gasteiger partial charge in [0, 0.05) is 36.7 Å². The molecule has 2 amide bonds. The number of ether oxygens (including phenoxy) is 2. The first-order chi connectivity index (χ1) is 16.6. The highest BCUT2D eigenvalue weighted by Gasteiger charge is 2.46. The number of piperidine rings is 1. The molecule has 3 N–H and O–H groups in total. The van der Waals surface area contributed by atoms with Crippen molar-refractivity contribution >= 4 is 17.5 Å². The molecule has 5 rings (SSSR count). The summed E-state index contributed by atoms with van der Waals surface area (Å²) in [7, 11) is 0. The lowest BCUT2D eigenvalue weighted by molar-refractivity contribution is -0.142. The highest BCUT2D eigenvalue weighted by Crippen LogP contribution is 2.47. The molecule has 3 aliphatic heterocycles. The van der Waals surface area contributed by atoms with E-state index >= 15 is 0 Å². The number of nitrogens with one attached hydrogen (secondary N) is 2. The molecule has 3 fully saturated rings. The van der Waals surface area contributed by atoms with Crippen LogP contribution in [0.1, 0.15) is 62.8 Å². The van der Waals surface area contributed by atoms with Gasteiger partial charge in [0.2, 0.25) is 11.8 Å². The van der Waals surface area contributed by atoms with E-state index in [2.05, 4.69) is 15.5 Å². The SMILES string of the molecule is O=C(C[C@@H]1C[C@H]2c3cc(NC(=O)CC4CC4)ccc3O[C@H]2[C@H](CO)O1)NCCN1CCCCC1. The standard InChI is InChI=1S/C26H37N3O5/c30-16-23-26-21(14-19(33-23)15-24(31)27-8-11-29-9-2-1-3-10-29)20-13-18(6-7-22(20)34-26)28-25(32)12-17-4-5-17/h6-7,13,17,19,21,23,26,30H,1-5,8-12,14-16H2,(H,27,31)(H,28,32)/t19-,21-,23-,26+/m0/s1. The number of benzene rings is 1. The summed E-state index contributed by atoms with van der Waals surface area (Å²) >= 11 is 0. The summed E-state index contributed by atoms with van der Waals surface area (Å²) in [6.45, 7) is 3.61. The molecule has 1 aromatic rings. The molecule has 1 saturated carbocycles. The first-order valence-electron chi connectivity index (χ1n) is 12.9. The van der Waals surface area contributed by atoms with E-state index in [1.165, 1.54) is 19.3 Å². The summed E-state index contributed by atoms with van der Waals surface area (Å²) in [5, 5.41) is 16.0. The number of carbonyl (C=O) groups is 2. The van der Waals surface area contributed by atoms with Crippen molar-refractivity contribution < 1.29 is 24.2 Å². The van der Waals surface area contributed by atoms with Crippen molar-refractivity contribution in [2.45, 2.75) is 75.6 Å². The van der Waals surface area contributed by atoms with Gasteiger partial charge in [-0.25, -0.2) is 0 Å². The highest BCUT2D eigenvalue weighted by molar-refractivity contribution is 5.91. The van der Waals surface area contributed by atoms with Gasteiger partial charge in [0.15, 0.2) is 0 Å². The molecule has 4 aliphatic rings. The third kappa shape index (κ3) is 5.73. The zero-order valence-corrected chi connectivity index (χ0v) is 19.8. The van der Waals surface area contributed by atoms with Gasteiger partial charge in [-0.05, 0) is 69.3 Å². The number of hydrogen-bond donors (Lipinski definition) is 3. The van der Waals surface area contributed by atoms with Gasteiger partial charge in [-0.3, -0.25) is 9.59 Å². The Bertz CT molecular complexity index is 883. The third-order valence-electron chi connectivity index (χ3n) is 7.57. The second kappa shape index (κ2) is 10.6. The molecule has 8 heteroatoms. The minimum absolute atomic E-state index is 0.0163. The summed E-state index contributed by atoms with van der Waals surface area (Å²) in [6.07, 6.45) is 6.52. The van der Waals surface area contributed by atoms with E-state index in [-0.39, 0.29) is 43.0 Å². The number of aliphatic hydroxyl groups excluding tert-OH is 1. The quantitative estimate of drug-likeness (QED) is 0.512. The van der Waals surface area contributed by atoms with Gasteiger partial charge >= 0.3 is 0 Å². The Morgan fingerprint density at radius 1 is 1.09 bits per heavy atom. The van der Waals surface area contributed by atoms with Crippen LogP contribution in [0.2, 0.25) is 0 Å². The van der Waals surface area contributed by atoms with E-state index in [0.717, 1.165) is 49.5 Å². The van der Waals surface area contributed by atoms with Crippen molar-refractivity contribution in [1.82, 2.24) is 10.2 Å². The average molecular weight is 472 g/mol. The molecule has 3 heterocycles. The predicted molar refractivity (Wildman–Crippen MR) is 128 cm³/mol. The van der Waals surface area contributed by atoms with E-state index in [4.69, 9.17) is 9.47 Å². The molecule has 2 saturated heterocycles.